The van der Waals surface area contributed by atoms with Crippen LogP contribution in [-0.2, 0) is 36.7 Å². The van der Waals surface area contributed by atoms with E-state index in [2.05, 4.69) is 107 Å². The number of aliphatic hydroxyl groups is 1. The first-order valence-electron chi connectivity index (χ1n) is 17.9. The predicted octanol–water partition coefficient (Wildman–Crippen LogP) is 11.4. The van der Waals surface area contributed by atoms with Gasteiger partial charge in [0, 0.05) is 63.1 Å². The molecular formula is C44H55IrN2O3-. The van der Waals surface area contributed by atoms with Crippen molar-refractivity contribution >= 4 is 27.7 Å². The number of hydrogen-bond acceptors (Lipinski definition) is 4. The molecule has 3 heterocycles. The molecule has 3 aromatic heterocycles. The van der Waals surface area contributed by atoms with Crippen LogP contribution in [0.2, 0.25) is 0 Å². The van der Waals surface area contributed by atoms with Crippen LogP contribution in [0.15, 0.2) is 83.2 Å². The molecule has 0 unspecified atom stereocenters. The number of allylic oxidation sites excluding steroid dienone is 2. The van der Waals surface area contributed by atoms with E-state index < -0.39 is 0 Å². The van der Waals surface area contributed by atoms with Crippen molar-refractivity contribution in [3.8, 4) is 22.4 Å². The Hall–Kier alpha value is -3.73. The van der Waals surface area contributed by atoms with Crippen LogP contribution in [0.5, 0.6) is 0 Å². The van der Waals surface area contributed by atoms with Crippen molar-refractivity contribution in [2.24, 2.45) is 17.8 Å². The molecule has 5 rings (SSSR count). The summed E-state index contributed by atoms with van der Waals surface area (Å²) < 4.78 is 7.86. The second kappa shape index (κ2) is 18.0. The fraction of sp³-hybridized carbons (Fsp3) is 0.409. The normalized spacial score (nSPS) is 12.0. The molecule has 0 saturated carbocycles. The van der Waals surface area contributed by atoms with Gasteiger partial charge in [0.2, 0.25) is 5.71 Å². The van der Waals surface area contributed by atoms with Gasteiger partial charge in [-0.25, -0.2) is 4.98 Å². The summed E-state index contributed by atoms with van der Waals surface area (Å²) in [6.45, 7) is 19.2. The Labute approximate surface area is 313 Å². The Morgan fingerprint density at radius 1 is 0.960 bits per heavy atom. The van der Waals surface area contributed by atoms with Crippen molar-refractivity contribution in [3.63, 3.8) is 0 Å². The number of furan rings is 1. The second-order valence-electron chi connectivity index (χ2n) is 14.6. The van der Waals surface area contributed by atoms with Gasteiger partial charge in [0.15, 0.2) is 5.78 Å². The number of aliphatic hydroxyl groups excluding tert-OH is 1. The van der Waals surface area contributed by atoms with Crippen LogP contribution < -0.4 is 4.57 Å². The quantitative estimate of drug-likeness (QED) is 0.0622. The molecule has 0 aliphatic carbocycles. The minimum absolute atomic E-state index is 0. The number of fused-ring (bicyclic) bond motifs is 2. The van der Waals surface area contributed by atoms with Crippen LogP contribution in [0, 0.1) is 30.9 Å². The Morgan fingerprint density at radius 3 is 2.24 bits per heavy atom. The average molecular weight is 852 g/mol. The van der Waals surface area contributed by atoms with Crippen molar-refractivity contribution in [3.05, 3.63) is 103 Å². The fourth-order valence-corrected chi connectivity index (χ4v) is 6.35. The molecule has 269 valence electrons. The number of rotatable bonds is 11. The van der Waals surface area contributed by atoms with E-state index in [1.54, 1.807) is 0 Å². The minimum Gasteiger partial charge on any atom is -0.512 e. The van der Waals surface area contributed by atoms with Crippen molar-refractivity contribution in [1.82, 2.24) is 4.98 Å². The number of hydrogen-bond donors (Lipinski definition) is 1. The molecule has 5 aromatic rings. The molecule has 0 fully saturated rings. The third-order valence-corrected chi connectivity index (χ3v) is 9.34. The summed E-state index contributed by atoms with van der Waals surface area (Å²) in [6, 6.07) is 22.9. The van der Waals surface area contributed by atoms with Gasteiger partial charge in [-0.05, 0) is 72.4 Å². The van der Waals surface area contributed by atoms with Gasteiger partial charge in [-0.3, -0.25) is 4.79 Å². The number of nitrogens with zero attached hydrogens (tertiary/aromatic N) is 2. The summed E-state index contributed by atoms with van der Waals surface area (Å²) in [5.74, 6) is 2.08. The summed E-state index contributed by atoms with van der Waals surface area (Å²) in [7, 11) is 4.25. The van der Waals surface area contributed by atoms with Gasteiger partial charge in [0.1, 0.15) is 11.5 Å². The van der Waals surface area contributed by atoms with Gasteiger partial charge in [-0.15, -0.1) is 29.1 Å². The monoisotopic (exact) mass is 852 g/mol. The van der Waals surface area contributed by atoms with Gasteiger partial charge in [0.25, 0.3) is 0 Å². The van der Waals surface area contributed by atoms with E-state index in [4.69, 9.17) is 4.42 Å². The Bertz CT molecular complexity index is 1910. The molecule has 0 aliphatic rings. The van der Waals surface area contributed by atoms with Crippen LogP contribution in [-0.4, -0.2) is 15.9 Å². The number of pyridine rings is 2. The molecule has 0 amide bonds. The molecule has 0 aliphatic heterocycles. The number of aromatic nitrogens is 2. The van der Waals surface area contributed by atoms with Crippen LogP contribution in [0.4, 0.5) is 0 Å². The smallest absolute Gasteiger partial charge is 0.226 e. The van der Waals surface area contributed by atoms with Crippen LogP contribution >= 0.6 is 0 Å². The zero-order chi connectivity index (χ0) is 35.9. The van der Waals surface area contributed by atoms with E-state index in [-0.39, 0.29) is 48.9 Å². The van der Waals surface area contributed by atoms with Crippen molar-refractivity contribution in [1.29, 1.82) is 0 Å². The van der Waals surface area contributed by atoms with Crippen molar-refractivity contribution in [2.45, 2.75) is 99.8 Å². The van der Waals surface area contributed by atoms with E-state index in [1.165, 1.54) is 17.0 Å². The van der Waals surface area contributed by atoms with Crippen LogP contribution in [0.25, 0.3) is 44.3 Å². The van der Waals surface area contributed by atoms with Gasteiger partial charge < -0.3 is 14.1 Å². The number of ketones is 1. The fourth-order valence-electron chi connectivity index (χ4n) is 6.35. The summed E-state index contributed by atoms with van der Waals surface area (Å²) in [5, 5.41) is 13.2. The first-order valence-corrected chi connectivity index (χ1v) is 17.9. The molecular weight excluding hydrogens is 797 g/mol. The molecule has 50 heavy (non-hydrogen) atoms. The average Bonchev–Trinajstić information content (AvgIpc) is 3.46. The molecule has 5 nitrogen and oxygen atoms in total. The maximum absolute atomic E-state index is 11.7. The molecule has 6 heteroatoms. The van der Waals surface area contributed by atoms with Crippen LogP contribution in [0.1, 0.15) is 99.3 Å². The summed E-state index contributed by atoms with van der Waals surface area (Å²) in [6.07, 6.45) is 9.72. The van der Waals surface area contributed by atoms with Gasteiger partial charge in [0.05, 0.1) is 12.0 Å². The van der Waals surface area contributed by atoms with Crippen molar-refractivity contribution in [2.75, 3.05) is 0 Å². The summed E-state index contributed by atoms with van der Waals surface area (Å²) in [4.78, 5) is 16.3. The number of benzene rings is 2. The van der Waals surface area contributed by atoms with Gasteiger partial charge in [-0.1, -0.05) is 91.5 Å². The third-order valence-electron chi connectivity index (χ3n) is 9.34. The topological polar surface area (TPSA) is 67.2 Å². The Morgan fingerprint density at radius 2 is 1.62 bits per heavy atom. The van der Waals surface area contributed by atoms with E-state index >= 15 is 0 Å². The maximum Gasteiger partial charge on any atom is 0.226 e. The number of carbonyl (C=O) groups excluding carboxylic acids is 1. The first kappa shape index (κ1) is 40.7. The van der Waals surface area contributed by atoms with E-state index in [0.717, 1.165) is 71.0 Å². The minimum atomic E-state index is 0. The SMILES string of the molecule is CCC(CC)C(=O)/C=C(\O)C(CC)CC.[CH2-][n+]1ccc(-c2cnc3oc(CC(C)C)cc3c2)cc1-c1[c-]c2ccccc2c(C(C)(C)C)c1.[Ir]. The third kappa shape index (κ3) is 9.95. The zero-order valence-corrected chi connectivity index (χ0v) is 33.8. The molecule has 1 radical (unpaired) electrons. The Kier molecular flexibility index (Phi) is 14.6. The molecule has 0 bridgehead atoms. The zero-order valence-electron chi connectivity index (χ0n) is 31.4. The van der Waals surface area contributed by atoms with Crippen molar-refractivity contribution < 1.29 is 39.0 Å². The molecule has 0 saturated heterocycles. The largest absolute Gasteiger partial charge is 0.512 e. The predicted molar refractivity (Wildman–Crippen MR) is 203 cm³/mol. The summed E-state index contributed by atoms with van der Waals surface area (Å²) in [5.41, 5.74) is 6.22. The van der Waals surface area contributed by atoms with E-state index in [9.17, 15) is 9.90 Å². The van der Waals surface area contributed by atoms with E-state index in [1.807, 2.05) is 44.7 Å². The first-order chi connectivity index (χ1) is 23.3. The number of carbonyl (C=O) groups is 1. The van der Waals surface area contributed by atoms with Gasteiger partial charge >= 0.3 is 0 Å². The standard InChI is InChI=1S/C31H31N2O.C13H24O2.Ir/c1-20(2)13-26-16-24-15-25(19-32-30(24)34-26)21-11-12-33(6)29(18-21)23-14-22-9-7-8-10-27(22)28(17-23)31(3,4)5;1-5-10(6-2)12(14)9-13(15)11(7-3)8-4;/h7-12,15-20H,6,13H2,1-5H3;9-11,14H,5-8H2,1-4H3;/q-1;;/b;12-9-;. The maximum atomic E-state index is 11.7. The molecule has 2 aromatic carbocycles. The van der Waals surface area contributed by atoms with Gasteiger partial charge in [-0.2, -0.15) is 0 Å². The second-order valence-corrected chi connectivity index (χ2v) is 14.6. The molecule has 0 atom stereocenters. The van der Waals surface area contributed by atoms with Crippen LogP contribution in [0.3, 0.4) is 0 Å². The molecule has 0 spiro atoms. The summed E-state index contributed by atoms with van der Waals surface area (Å²) >= 11 is 0. The van der Waals surface area contributed by atoms with E-state index in [0.29, 0.717) is 11.6 Å². The Balaban J connectivity index is 0.000000361. The molecule has 1 N–H and O–H groups in total.